The van der Waals surface area contributed by atoms with Crippen molar-refractivity contribution in [2.75, 3.05) is 25.7 Å². The minimum absolute atomic E-state index is 0.0122. The molecule has 0 aromatic heterocycles. The van der Waals surface area contributed by atoms with Gasteiger partial charge in [-0.05, 0) is 105 Å². The first-order chi connectivity index (χ1) is 19.6. The van der Waals surface area contributed by atoms with Gasteiger partial charge in [-0.2, -0.15) is 13.2 Å². The molecule has 42 heavy (non-hydrogen) atoms. The molecular formula is C32H39ClF3NO5. The number of benzene rings is 2. The number of hydrogen-bond donors (Lipinski definition) is 1. The van der Waals surface area contributed by atoms with E-state index >= 15 is 0 Å². The molecule has 0 saturated heterocycles. The minimum Gasteiger partial charge on any atom is -0.467 e. The highest BCUT2D eigenvalue weighted by Crippen LogP contribution is 2.58. The number of aliphatic hydroxyl groups excluding tert-OH is 1. The lowest BCUT2D eigenvalue weighted by atomic mass is 9.59. The molecule has 1 unspecified atom stereocenters. The Morgan fingerprint density at radius 1 is 1.10 bits per heavy atom. The first-order valence-electron chi connectivity index (χ1n) is 14.2. The molecular weight excluding hydrogens is 571 g/mol. The maximum atomic E-state index is 14.1. The van der Waals surface area contributed by atoms with E-state index in [4.69, 9.17) is 21.1 Å². The fraction of sp³-hybridized carbons (Fsp3) is 0.562. The summed E-state index contributed by atoms with van der Waals surface area (Å²) >= 11 is 6.14. The van der Waals surface area contributed by atoms with Crippen LogP contribution in [0.15, 0.2) is 42.5 Å². The molecule has 2 aliphatic carbocycles. The standard InChI is InChI=1S/C32H39ClF3NO5/c1-20(19-38)15-23-16-21-9-10-22(29(2,3)42-5)17-26(21)30(23)11-13-31(14-12-30,28(40)41-4)37(27(39)32(34,35)36)25-8-6-7-24(33)18-25/h6-10,17-18,20,23,38H,11-16,19H2,1-5H3/t20-,23?,30?,31?/m1/s1. The molecule has 2 aromatic carbocycles. The Hall–Kier alpha value is -2.62. The number of aliphatic hydroxyl groups is 1. The summed E-state index contributed by atoms with van der Waals surface area (Å²) in [4.78, 5) is 27.1. The van der Waals surface area contributed by atoms with Gasteiger partial charge in [0, 0.05) is 24.4 Å². The van der Waals surface area contributed by atoms with Crippen LogP contribution in [0.1, 0.15) is 69.6 Å². The Bertz CT molecular complexity index is 1320. The number of alkyl halides is 3. The molecule has 10 heteroatoms. The number of ether oxygens (including phenoxy) is 2. The number of methoxy groups -OCH3 is 2. The molecule has 1 amide bonds. The Morgan fingerprint density at radius 3 is 2.31 bits per heavy atom. The average molecular weight is 610 g/mol. The topological polar surface area (TPSA) is 76.1 Å². The predicted octanol–water partition coefficient (Wildman–Crippen LogP) is 6.73. The number of carbonyl (C=O) groups excluding carboxylic acids is 2. The van der Waals surface area contributed by atoms with E-state index in [-0.39, 0.29) is 42.0 Å². The smallest absolute Gasteiger partial charge is 0.467 e. The number of halogens is 4. The van der Waals surface area contributed by atoms with Crippen LogP contribution in [0.25, 0.3) is 0 Å². The van der Waals surface area contributed by atoms with E-state index in [9.17, 15) is 27.9 Å². The van der Waals surface area contributed by atoms with Crippen molar-refractivity contribution in [2.45, 2.75) is 82.0 Å². The van der Waals surface area contributed by atoms with Crippen molar-refractivity contribution in [1.82, 2.24) is 0 Å². The lowest BCUT2D eigenvalue weighted by Crippen LogP contribution is -2.63. The Labute approximate surface area is 250 Å². The van der Waals surface area contributed by atoms with Crippen molar-refractivity contribution in [3.8, 4) is 0 Å². The molecule has 0 radical (unpaired) electrons. The molecule has 2 atom stereocenters. The normalized spacial score (nSPS) is 24.8. The van der Waals surface area contributed by atoms with Gasteiger partial charge >= 0.3 is 18.1 Å². The minimum atomic E-state index is -5.24. The molecule has 6 nitrogen and oxygen atoms in total. The van der Waals surface area contributed by atoms with Crippen molar-refractivity contribution >= 4 is 29.2 Å². The maximum absolute atomic E-state index is 14.1. The third kappa shape index (κ3) is 5.67. The highest BCUT2D eigenvalue weighted by molar-refractivity contribution is 6.31. The monoisotopic (exact) mass is 609 g/mol. The van der Waals surface area contributed by atoms with Crippen molar-refractivity contribution in [3.05, 3.63) is 64.2 Å². The zero-order valence-corrected chi connectivity index (χ0v) is 25.4. The van der Waals surface area contributed by atoms with Crippen LogP contribution >= 0.6 is 11.6 Å². The molecule has 230 valence electrons. The van der Waals surface area contributed by atoms with Gasteiger partial charge in [-0.25, -0.2) is 4.79 Å². The van der Waals surface area contributed by atoms with Crippen LogP contribution in [0.4, 0.5) is 18.9 Å². The van der Waals surface area contributed by atoms with E-state index in [1.54, 1.807) is 7.11 Å². The zero-order valence-electron chi connectivity index (χ0n) is 24.7. The molecule has 1 saturated carbocycles. The summed E-state index contributed by atoms with van der Waals surface area (Å²) in [7, 11) is 2.76. The fourth-order valence-corrected chi connectivity index (χ4v) is 7.24. The number of fused-ring (bicyclic) bond motifs is 2. The predicted molar refractivity (Wildman–Crippen MR) is 154 cm³/mol. The molecule has 4 rings (SSSR count). The van der Waals surface area contributed by atoms with Gasteiger partial charge in [-0.15, -0.1) is 0 Å². The van der Waals surface area contributed by atoms with Gasteiger partial charge in [0.25, 0.3) is 0 Å². The van der Waals surface area contributed by atoms with Gasteiger partial charge in [0.2, 0.25) is 0 Å². The third-order valence-electron chi connectivity index (χ3n) is 9.57. The van der Waals surface area contributed by atoms with E-state index in [0.717, 1.165) is 30.2 Å². The van der Waals surface area contributed by atoms with Crippen LogP contribution in [0.2, 0.25) is 5.02 Å². The highest BCUT2D eigenvalue weighted by Gasteiger charge is 2.60. The number of nitrogens with zero attached hydrogens (tertiary/aromatic N) is 1. The number of carbonyl (C=O) groups is 2. The highest BCUT2D eigenvalue weighted by atomic mass is 35.5. The lowest BCUT2D eigenvalue weighted by Gasteiger charge is -2.51. The van der Waals surface area contributed by atoms with Gasteiger partial charge in [0.1, 0.15) is 5.54 Å². The Kier molecular flexibility index (Phi) is 9.08. The third-order valence-corrected chi connectivity index (χ3v) is 9.81. The molecule has 1 spiro atoms. The summed E-state index contributed by atoms with van der Waals surface area (Å²) in [5.41, 5.74) is 0.150. The molecule has 0 heterocycles. The van der Waals surface area contributed by atoms with Crippen LogP contribution in [0.3, 0.4) is 0 Å². The summed E-state index contributed by atoms with van der Waals surface area (Å²) in [5, 5.41) is 10.0. The summed E-state index contributed by atoms with van der Waals surface area (Å²) in [6.07, 6.45) is -3.19. The first-order valence-corrected chi connectivity index (χ1v) is 14.6. The molecule has 2 aliphatic rings. The van der Waals surface area contributed by atoms with Crippen LogP contribution in [-0.4, -0.2) is 49.5 Å². The second-order valence-corrected chi connectivity index (χ2v) is 12.7. The summed E-state index contributed by atoms with van der Waals surface area (Å²) in [6.45, 7) is 5.92. The number of hydrogen-bond acceptors (Lipinski definition) is 5. The second-order valence-electron chi connectivity index (χ2n) is 12.3. The Balaban J connectivity index is 1.85. The largest absolute Gasteiger partial charge is 0.471 e. The molecule has 0 aliphatic heterocycles. The Morgan fingerprint density at radius 2 is 1.76 bits per heavy atom. The number of anilines is 1. The maximum Gasteiger partial charge on any atom is 0.471 e. The molecule has 1 N–H and O–H groups in total. The summed E-state index contributed by atoms with van der Waals surface area (Å²) in [6, 6.07) is 11.8. The van der Waals surface area contributed by atoms with Gasteiger partial charge in [-0.3, -0.25) is 9.69 Å². The van der Waals surface area contributed by atoms with E-state index in [0.29, 0.717) is 24.2 Å². The molecule has 0 bridgehead atoms. The quantitative estimate of drug-likeness (QED) is 0.336. The lowest BCUT2D eigenvalue weighted by molar-refractivity contribution is -0.174. The zero-order chi connectivity index (χ0) is 31.1. The molecule has 1 fully saturated rings. The fourth-order valence-electron chi connectivity index (χ4n) is 7.06. The average Bonchev–Trinajstić information content (AvgIpc) is 3.24. The van der Waals surface area contributed by atoms with Crippen LogP contribution < -0.4 is 4.90 Å². The molecule has 2 aromatic rings. The number of rotatable bonds is 8. The number of esters is 1. The van der Waals surface area contributed by atoms with Crippen molar-refractivity contribution in [3.63, 3.8) is 0 Å². The van der Waals surface area contributed by atoms with Crippen molar-refractivity contribution in [1.29, 1.82) is 0 Å². The summed E-state index contributed by atoms with van der Waals surface area (Å²) < 4.78 is 53.1. The van der Waals surface area contributed by atoms with Crippen molar-refractivity contribution < 1.29 is 37.3 Å². The SMILES string of the molecule is COC(=O)C1(N(C(=O)C(F)(F)F)c2cccc(Cl)c2)CCC2(CC1)c1cc(C(C)(C)OC)ccc1CC2C[C@@H](C)CO. The number of amides is 1. The van der Waals surface area contributed by atoms with Gasteiger partial charge in [0.05, 0.1) is 12.7 Å². The van der Waals surface area contributed by atoms with Crippen LogP contribution in [0.5, 0.6) is 0 Å². The van der Waals surface area contributed by atoms with Crippen LogP contribution in [-0.2, 0) is 36.5 Å². The van der Waals surface area contributed by atoms with Crippen molar-refractivity contribution in [2.24, 2.45) is 11.8 Å². The summed E-state index contributed by atoms with van der Waals surface area (Å²) in [5.74, 6) is -2.95. The second kappa shape index (κ2) is 11.8. The van der Waals surface area contributed by atoms with E-state index in [1.165, 1.54) is 24.3 Å². The van der Waals surface area contributed by atoms with Gasteiger partial charge < -0.3 is 14.6 Å². The van der Waals surface area contributed by atoms with E-state index in [1.807, 2.05) is 26.8 Å². The van der Waals surface area contributed by atoms with Gasteiger partial charge in [-0.1, -0.05) is 42.8 Å². The van der Waals surface area contributed by atoms with E-state index in [2.05, 4.69) is 12.1 Å². The van der Waals surface area contributed by atoms with Crippen LogP contribution in [0, 0.1) is 11.8 Å². The first kappa shape index (κ1) is 32.3. The van der Waals surface area contributed by atoms with Gasteiger partial charge in [0.15, 0.2) is 0 Å². The van der Waals surface area contributed by atoms with E-state index < -0.39 is 34.6 Å².